The van der Waals surface area contributed by atoms with Gasteiger partial charge in [-0.3, -0.25) is 0 Å². The zero-order chi connectivity index (χ0) is 22.4. The average molecular weight is 434 g/mol. The fourth-order valence-corrected chi connectivity index (χ4v) is 3.80. The van der Waals surface area contributed by atoms with E-state index in [0.29, 0.717) is 22.1 Å². The average Bonchev–Trinajstić information content (AvgIpc) is 2.73. The minimum atomic E-state index is -1.59. The Labute approximate surface area is 175 Å². The normalized spacial score (nSPS) is 26.3. The molecule has 1 fully saturated rings. The first-order valence-corrected chi connectivity index (χ1v) is 9.50. The number of benzene rings is 2. The fourth-order valence-electron chi connectivity index (χ4n) is 3.80. The van der Waals surface area contributed by atoms with E-state index < -0.39 is 42.9 Å². The van der Waals surface area contributed by atoms with E-state index in [1.165, 1.54) is 19.2 Å². The van der Waals surface area contributed by atoms with Crippen LogP contribution in [0.2, 0.25) is 0 Å². The minimum Gasteiger partial charge on any atom is -0.507 e. The van der Waals surface area contributed by atoms with E-state index in [1.54, 1.807) is 19.1 Å². The van der Waals surface area contributed by atoms with Crippen molar-refractivity contribution in [2.24, 2.45) is 0 Å². The maximum Gasteiger partial charge on any atom is 0.347 e. The van der Waals surface area contributed by atoms with E-state index in [2.05, 4.69) is 0 Å². The maximum absolute atomic E-state index is 12.5. The molecule has 31 heavy (non-hydrogen) atoms. The molecule has 0 amide bonds. The number of phenolic OH excluding ortho intramolecular Hbond substituents is 1. The molecule has 5 atom stereocenters. The molecule has 3 aromatic rings. The van der Waals surface area contributed by atoms with E-state index in [-0.39, 0.29) is 22.5 Å². The number of methoxy groups -OCH3 is 1. The molecule has 1 aliphatic heterocycles. The molecule has 4 rings (SSSR count). The monoisotopic (exact) mass is 434 g/mol. The van der Waals surface area contributed by atoms with Crippen LogP contribution in [0.25, 0.3) is 21.7 Å². The Morgan fingerprint density at radius 2 is 1.74 bits per heavy atom. The molecule has 1 saturated heterocycles. The first-order chi connectivity index (χ1) is 14.7. The summed E-state index contributed by atoms with van der Waals surface area (Å²) in [6, 6.07) is 5.93. The van der Waals surface area contributed by atoms with Gasteiger partial charge in [0.05, 0.1) is 13.7 Å². The number of aromatic hydroxyl groups is 1. The van der Waals surface area contributed by atoms with Gasteiger partial charge < -0.3 is 44.2 Å². The van der Waals surface area contributed by atoms with Crippen LogP contribution in [-0.2, 0) is 4.74 Å². The van der Waals surface area contributed by atoms with Gasteiger partial charge in [-0.15, -0.1) is 0 Å². The number of hydrogen-bond acceptors (Lipinski definition) is 10. The highest BCUT2D eigenvalue weighted by Crippen LogP contribution is 2.36. The number of ether oxygens (including phenoxy) is 3. The van der Waals surface area contributed by atoms with E-state index in [4.69, 9.17) is 18.6 Å². The topological polar surface area (TPSA) is 159 Å². The molecule has 5 N–H and O–H groups in total. The number of hydrogen-bond donors (Lipinski definition) is 5. The molecule has 166 valence electrons. The lowest BCUT2D eigenvalue weighted by Crippen LogP contribution is -2.60. The van der Waals surface area contributed by atoms with Gasteiger partial charge in [-0.25, -0.2) is 4.79 Å². The molecule has 1 aromatic heterocycles. The van der Waals surface area contributed by atoms with Crippen LogP contribution in [0.1, 0.15) is 5.56 Å². The standard InChI is InChI=1S/C21H22O10/c1-8-3-10(29-21-19(26)18(25)17(24)14(7-22)31-21)6-13-15(8)11-4-9(28-2)5-12(23)16(11)20(27)30-13/h3-6,14,17-19,21-26H,7H2,1-2H3/t14-,17+,18+,19-,21-/m1/s1. The first kappa shape index (κ1) is 21.3. The lowest BCUT2D eigenvalue weighted by atomic mass is 9.99. The van der Waals surface area contributed by atoms with Gasteiger partial charge in [0.1, 0.15) is 52.6 Å². The molecule has 0 bridgehead atoms. The van der Waals surface area contributed by atoms with Gasteiger partial charge in [0, 0.05) is 22.9 Å². The lowest BCUT2D eigenvalue weighted by molar-refractivity contribution is -0.277. The van der Waals surface area contributed by atoms with Crippen molar-refractivity contribution < 1.29 is 44.2 Å². The predicted molar refractivity (Wildman–Crippen MR) is 107 cm³/mol. The maximum atomic E-state index is 12.5. The Hall–Kier alpha value is -2.89. The second-order valence-electron chi connectivity index (χ2n) is 7.39. The summed E-state index contributed by atoms with van der Waals surface area (Å²) in [5, 5.41) is 50.6. The number of aryl methyl sites for hydroxylation is 1. The van der Waals surface area contributed by atoms with Crippen molar-refractivity contribution in [3.05, 3.63) is 40.2 Å². The number of phenols is 1. The summed E-state index contributed by atoms with van der Waals surface area (Å²) in [6.45, 7) is 1.15. The molecule has 2 heterocycles. The van der Waals surface area contributed by atoms with Crippen molar-refractivity contribution in [1.29, 1.82) is 0 Å². The van der Waals surface area contributed by atoms with Gasteiger partial charge in [-0.05, 0) is 24.6 Å². The van der Waals surface area contributed by atoms with Gasteiger partial charge in [0.15, 0.2) is 0 Å². The Morgan fingerprint density at radius 1 is 1.00 bits per heavy atom. The third-order valence-electron chi connectivity index (χ3n) is 5.38. The van der Waals surface area contributed by atoms with Crippen molar-refractivity contribution in [3.8, 4) is 17.2 Å². The number of aliphatic hydroxyl groups excluding tert-OH is 4. The summed E-state index contributed by atoms with van der Waals surface area (Å²) in [5.74, 6) is 0.243. The third-order valence-corrected chi connectivity index (χ3v) is 5.38. The molecule has 0 spiro atoms. The second-order valence-corrected chi connectivity index (χ2v) is 7.39. The summed E-state index contributed by atoms with van der Waals surface area (Å²) in [4.78, 5) is 12.5. The van der Waals surface area contributed by atoms with E-state index in [9.17, 15) is 30.3 Å². The highest BCUT2D eigenvalue weighted by atomic mass is 16.7. The smallest absolute Gasteiger partial charge is 0.347 e. The van der Waals surface area contributed by atoms with E-state index >= 15 is 0 Å². The van der Waals surface area contributed by atoms with Crippen LogP contribution in [-0.4, -0.2) is 70.0 Å². The highest BCUT2D eigenvalue weighted by molar-refractivity contribution is 6.08. The van der Waals surface area contributed by atoms with Crippen LogP contribution < -0.4 is 15.1 Å². The SMILES string of the molecule is COc1cc(O)c2c(=O)oc3cc(O[C@@H]4O[C@H](CO)[C@H](O)[C@H](O)[C@H]4O)cc(C)c3c2c1. The van der Waals surface area contributed by atoms with Gasteiger partial charge in [-0.1, -0.05) is 0 Å². The number of rotatable bonds is 4. The molecule has 0 saturated carbocycles. The molecule has 0 unspecified atom stereocenters. The first-order valence-electron chi connectivity index (χ1n) is 9.50. The second kappa shape index (κ2) is 7.98. The van der Waals surface area contributed by atoms with Crippen LogP contribution in [0.5, 0.6) is 17.2 Å². The number of fused-ring (bicyclic) bond motifs is 3. The fraction of sp³-hybridized carbons (Fsp3) is 0.381. The van der Waals surface area contributed by atoms with Crippen molar-refractivity contribution in [2.45, 2.75) is 37.6 Å². The van der Waals surface area contributed by atoms with Crippen LogP contribution in [0.3, 0.4) is 0 Å². The molecule has 10 heteroatoms. The molecule has 10 nitrogen and oxygen atoms in total. The molecule has 0 aliphatic carbocycles. The molecular weight excluding hydrogens is 412 g/mol. The summed E-state index contributed by atoms with van der Waals surface area (Å²) in [5.41, 5.74) is 0.0234. The largest absolute Gasteiger partial charge is 0.507 e. The van der Waals surface area contributed by atoms with Gasteiger partial charge in [0.25, 0.3) is 0 Å². The highest BCUT2D eigenvalue weighted by Gasteiger charge is 2.44. The van der Waals surface area contributed by atoms with Gasteiger partial charge >= 0.3 is 5.63 Å². The zero-order valence-electron chi connectivity index (χ0n) is 16.7. The Morgan fingerprint density at radius 3 is 2.42 bits per heavy atom. The van der Waals surface area contributed by atoms with Crippen molar-refractivity contribution in [2.75, 3.05) is 13.7 Å². The third kappa shape index (κ3) is 3.58. The summed E-state index contributed by atoms with van der Waals surface area (Å²) >= 11 is 0. The predicted octanol–water partition coefficient (Wildman–Crippen LogP) is 0.148. The minimum absolute atomic E-state index is 0.0130. The van der Waals surface area contributed by atoms with Gasteiger partial charge in [-0.2, -0.15) is 0 Å². The van der Waals surface area contributed by atoms with Crippen molar-refractivity contribution in [1.82, 2.24) is 0 Å². The van der Waals surface area contributed by atoms with E-state index in [1.807, 2.05) is 0 Å². The molecule has 0 radical (unpaired) electrons. The lowest BCUT2D eigenvalue weighted by Gasteiger charge is -2.39. The van der Waals surface area contributed by atoms with Crippen LogP contribution in [0.4, 0.5) is 0 Å². The van der Waals surface area contributed by atoms with Gasteiger partial charge in [0.2, 0.25) is 6.29 Å². The summed E-state index contributed by atoms with van der Waals surface area (Å²) in [7, 11) is 1.44. The van der Waals surface area contributed by atoms with E-state index in [0.717, 1.165) is 0 Å². The summed E-state index contributed by atoms with van der Waals surface area (Å²) in [6.07, 6.45) is -7.19. The Kier molecular flexibility index (Phi) is 5.50. The van der Waals surface area contributed by atoms with Crippen molar-refractivity contribution >= 4 is 21.7 Å². The molecular formula is C21H22O10. The molecule has 1 aliphatic rings. The van der Waals surface area contributed by atoms with Crippen LogP contribution in [0, 0.1) is 6.92 Å². The molecule has 2 aromatic carbocycles. The van der Waals surface area contributed by atoms with Crippen molar-refractivity contribution in [3.63, 3.8) is 0 Å². The van der Waals surface area contributed by atoms with Crippen LogP contribution >= 0.6 is 0 Å². The zero-order valence-corrected chi connectivity index (χ0v) is 16.7. The van der Waals surface area contributed by atoms with Crippen LogP contribution in [0.15, 0.2) is 33.5 Å². The summed E-state index contributed by atoms with van der Waals surface area (Å²) < 4.78 is 21.5. The Bertz CT molecular complexity index is 1180. The Balaban J connectivity index is 1.79. The quantitative estimate of drug-likeness (QED) is 0.282. The number of aliphatic hydroxyl groups is 4.